The van der Waals surface area contributed by atoms with Crippen LogP contribution in [-0.4, -0.2) is 30.5 Å². The van der Waals surface area contributed by atoms with Crippen LogP contribution < -0.4 is 16.0 Å². The van der Waals surface area contributed by atoms with E-state index < -0.39 is 6.03 Å². The molecule has 126 valence electrons. The number of urea groups is 1. The maximum Gasteiger partial charge on any atom is 0.321 e. The van der Waals surface area contributed by atoms with Crippen molar-refractivity contribution < 1.29 is 9.59 Å². The van der Waals surface area contributed by atoms with E-state index in [2.05, 4.69) is 45.2 Å². The van der Waals surface area contributed by atoms with E-state index >= 15 is 0 Å². The molecule has 1 heterocycles. The third kappa shape index (κ3) is 3.91. The average Bonchev–Trinajstić information content (AvgIpc) is 3.01. The van der Waals surface area contributed by atoms with Gasteiger partial charge in [0, 0.05) is 11.9 Å². The van der Waals surface area contributed by atoms with Gasteiger partial charge in [0.25, 0.3) is 0 Å². The fourth-order valence-corrected chi connectivity index (χ4v) is 3.91. The van der Waals surface area contributed by atoms with Gasteiger partial charge in [-0.15, -0.1) is 11.3 Å². The van der Waals surface area contributed by atoms with Crippen LogP contribution in [0, 0.1) is 0 Å². The SMILES string of the molecule is CNC(=O)CNC(=O)Nc1nc2c(s1)C[C@H](c1ccccc1)CC2. The standard InChI is InChI=1S/C17H20N4O2S/c1-18-15(22)10-19-16(23)21-17-20-13-8-7-12(9-14(13)24-17)11-5-3-2-4-6-11/h2-6,12H,7-10H2,1H3,(H,18,22)(H2,19,20,21,23)/t12-/m1/s1. The predicted octanol–water partition coefficient (Wildman–Crippen LogP) is 2.28. The first-order valence-electron chi connectivity index (χ1n) is 7.94. The lowest BCUT2D eigenvalue weighted by atomic mass is 9.85. The molecule has 1 aliphatic carbocycles. The van der Waals surface area contributed by atoms with Gasteiger partial charge in [-0.25, -0.2) is 9.78 Å². The average molecular weight is 344 g/mol. The molecule has 1 aromatic heterocycles. The van der Waals surface area contributed by atoms with E-state index in [1.54, 1.807) is 0 Å². The normalized spacial score (nSPS) is 16.1. The van der Waals surface area contributed by atoms with Crippen LogP contribution in [0.1, 0.15) is 28.5 Å². The Morgan fingerprint density at radius 3 is 2.83 bits per heavy atom. The third-order valence-corrected chi connectivity index (χ3v) is 5.15. The van der Waals surface area contributed by atoms with Crippen molar-refractivity contribution in [2.75, 3.05) is 18.9 Å². The lowest BCUT2D eigenvalue weighted by molar-refractivity contribution is -0.119. The van der Waals surface area contributed by atoms with Crippen LogP contribution >= 0.6 is 11.3 Å². The van der Waals surface area contributed by atoms with Crippen LogP contribution in [0.4, 0.5) is 9.93 Å². The number of likely N-dealkylation sites (N-methyl/N-ethyl adjacent to an activating group) is 1. The van der Waals surface area contributed by atoms with Crippen molar-refractivity contribution in [3.8, 4) is 0 Å². The van der Waals surface area contributed by atoms with Gasteiger partial charge in [0.1, 0.15) is 0 Å². The molecule has 1 atom stereocenters. The van der Waals surface area contributed by atoms with Crippen molar-refractivity contribution in [2.24, 2.45) is 0 Å². The van der Waals surface area contributed by atoms with Gasteiger partial charge < -0.3 is 10.6 Å². The maximum atomic E-state index is 11.8. The molecule has 0 unspecified atom stereocenters. The number of nitrogens with zero attached hydrogens (tertiary/aromatic N) is 1. The number of carbonyl (C=O) groups is 2. The molecule has 0 fully saturated rings. The Hall–Kier alpha value is -2.41. The minimum atomic E-state index is -0.413. The Morgan fingerprint density at radius 2 is 2.08 bits per heavy atom. The summed E-state index contributed by atoms with van der Waals surface area (Å²) < 4.78 is 0. The van der Waals surface area contributed by atoms with Gasteiger partial charge in [0.05, 0.1) is 12.2 Å². The largest absolute Gasteiger partial charge is 0.358 e. The van der Waals surface area contributed by atoms with E-state index in [-0.39, 0.29) is 12.5 Å². The monoisotopic (exact) mass is 344 g/mol. The number of carbonyl (C=O) groups excluding carboxylic acids is 2. The first-order chi connectivity index (χ1) is 11.7. The van der Waals surface area contributed by atoms with Gasteiger partial charge in [-0.3, -0.25) is 10.1 Å². The van der Waals surface area contributed by atoms with Gasteiger partial charge in [-0.05, 0) is 30.7 Å². The van der Waals surface area contributed by atoms with E-state index in [1.807, 2.05) is 6.07 Å². The van der Waals surface area contributed by atoms with Crippen LogP contribution in [0.2, 0.25) is 0 Å². The molecule has 3 amide bonds. The van der Waals surface area contributed by atoms with Gasteiger partial charge in [-0.2, -0.15) is 0 Å². The molecular weight excluding hydrogens is 324 g/mol. The zero-order chi connectivity index (χ0) is 16.9. The minimum absolute atomic E-state index is 0.0521. The van der Waals surface area contributed by atoms with Crippen LogP contribution in [0.5, 0.6) is 0 Å². The molecule has 7 heteroatoms. The van der Waals surface area contributed by atoms with Crippen molar-refractivity contribution in [2.45, 2.75) is 25.2 Å². The number of fused-ring (bicyclic) bond motifs is 1. The highest BCUT2D eigenvalue weighted by molar-refractivity contribution is 7.15. The minimum Gasteiger partial charge on any atom is -0.358 e. The summed E-state index contributed by atoms with van der Waals surface area (Å²) in [5, 5.41) is 8.25. The number of anilines is 1. The summed E-state index contributed by atoms with van der Waals surface area (Å²) in [6.07, 6.45) is 2.95. The predicted molar refractivity (Wildman–Crippen MR) is 94.4 cm³/mol. The molecule has 0 bridgehead atoms. The van der Waals surface area contributed by atoms with Crippen molar-refractivity contribution in [3.63, 3.8) is 0 Å². The highest BCUT2D eigenvalue weighted by Gasteiger charge is 2.24. The highest BCUT2D eigenvalue weighted by atomic mass is 32.1. The lowest BCUT2D eigenvalue weighted by Crippen LogP contribution is -2.37. The highest BCUT2D eigenvalue weighted by Crippen LogP contribution is 2.36. The van der Waals surface area contributed by atoms with Crippen LogP contribution in [0.3, 0.4) is 0 Å². The quantitative estimate of drug-likeness (QED) is 0.796. The van der Waals surface area contributed by atoms with Crippen molar-refractivity contribution in [1.82, 2.24) is 15.6 Å². The molecule has 0 saturated heterocycles. The summed E-state index contributed by atoms with van der Waals surface area (Å²) >= 11 is 1.52. The molecule has 1 aromatic carbocycles. The molecule has 0 aliphatic heterocycles. The molecule has 0 radical (unpaired) electrons. The summed E-state index contributed by atoms with van der Waals surface area (Å²) in [6, 6.07) is 10.1. The Bertz CT molecular complexity index is 729. The second kappa shape index (κ2) is 7.44. The van der Waals surface area contributed by atoms with Crippen molar-refractivity contribution in [3.05, 3.63) is 46.5 Å². The number of aromatic nitrogens is 1. The molecule has 3 rings (SSSR count). The molecule has 3 N–H and O–H groups in total. The van der Waals surface area contributed by atoms with Crippen molar-refractivity contribution in [1.29, 1.82) is 0 Å². The number of hydrogen-bond acceptors (Lipinski definition) is 4. The molecule has 0 saturated carbocycles. The number of nitrogens with one attached hydrogen (secondary N) is 3. The molecule has 0 spiro atoms. The second-order valence-corrected chi connectivity index (χ2v) is 6.80. The fraction of sp³-hybridized carbons (Fsp3) is 0.353. The van der Waals surface area contributed by atoms with E-state index in [0.717, 1.165) is 25.0 Å². The van der Waals surface area contributed by atoms with Gasteiger partial charge >= 0.3 is 6.03 Å². The summed E-state index contributed by atoms with van der Waals surface area (Å²) in [6.45, 7) is -0.0521. The zero-order valence-electron chi connectivity index (χ0n) is 13.5. The Labute approximate surface area is 144 Å². The number of rotatable bonds is 4. The zero-order valence-corrected chi connectivity index (χ0v) is 14.3. The van der Waals surface area contributed by atoms with E-state index in [1.165, 1.54) is 28.8 Å². The summed E-state index contributed by atoms with van der Waals surface area (Å²) in [5.74, 6) is 0.267. The summed E-state index contributed by atoms with van der Waals surface area (Å²) in [4.78, 5) is 28.7. The van der Waals surface area contributed by atoms with Crippen LogP contribution in [0.25, 0.3) is 0 Å². The smallest absolute Gasteiger partial charge is 0.321 e. The molecule has 6 nitrogen and oxygen atoms in total. The van der Waals surface area contributed by atoms with Gasteiger partial charge in [0.2, 0.25) is 5.91 Å². The molecular formula is C17H20N4O2S. The van der Waals surface area contributed by atoms with E-state index in [0.29, 0.717) is 11.0 Å². The number of thiazole rings is 1. The number of hydrogen-bond donors (Lipinski definition) is 3. The summed E-state index contributed by atoms with van der Waals surface area (Å²) in [5.41, 5.74) is 2.43. The first-order valence-corrected chi connectivity index (χ1v) is 8.76. The lowest BCUT2D eigenvalue weighted by Gasteiger charge is -2.21. The Balaban J connectivity index is 1.61. The van der Waals surface area contributed by atoms with Crippen molar-refractivity contribution >= 4 is 28.4 Å². The van der Waals surface area contributed by atoms with Crippen LogP contribution in [0.15, 0.2) is 30.3 Å². The first kappa shape index (κ1) is 16.4. The number of amides is 3. The third-order valence-electron chi connectivity index (χ3n) is 4.12. The maximum absolute atomic E-state index is 11.8. The Kier molecular flexibility index (Phi) is 5.10. The number of aryl methyl sites for hydroxylation is 1. The van der Waals surface area contributed by atoms with E-state index in [4.69, 9.17) is 0 Å². The fourth-order valence-electron chi connectivity index (χ4n) is 2.83. The second-order valence-electron chi connectivity index (χ2n) is 5.72. The Morgan fingerprint density at radius 1 is 1.29 bits per heavy atom. The summed E-state index contributed by atoms with van der Waals surface area (Å²) in [7, 11) is 1.53. The van der Waals surface area contributed by atoms with E-state index in [9.17, 15) is 9.59 Å². The van der Waals surface area contributed by atoms with Gasteiger partial charge in [0.15, 0.2) is 5.13 Å². The molecule has 24 heavy (non-hydrogen) atoms. The topological polar surface area (TPSA) is 83.1 Å². The van der Waals surface area contributed by atoms with Crippen LogP contribution in [-0.2, 0) is 17.6 Å². The van der Waals surface area contributed by atoms with Gasteiger partial charge in [-0.1, -0.05) is 30.3 Å². The molecule has 1 aliphatic rings. The molecule has 2 aromatic rings. The number of benzene rings is 1.